The van der Waals surface area contributed by atoms with Crippen molar-refractivity contribution in [3.05, 3.63) is 25.3 Å². The molecule has 2 aliphatic heterocycles. The molecule has 0 saturated carbocycles. The van der Waals surface area contributed by atoms with Crippen molar-refractivity contribution in [3.63, 3.8) is 0 Å². The fourth-order valence-electron chi connectivity index (χ4n) is 2.70. The molecular formula is C21H38O4. The largest absolute Gasteiger partial charge is 0.375 e. The molecule has 4 atom stereocenters. The van der Waals surface area contributed by atoms with Gasteiger partial charge in [0, 0.05) is 0 Å². The van der Waals surface area contributed by atoms with Crippen LogP contribution in [0.4, 0.5) is 0 Å². The summed E-state index contributed by atoms with van der Waals surface area (Å²) in [7, 11) is 0. The number of ether oxygens (including phenoxy) is 4. The third-order valence-electron chi connectivity index (χ3n) is 4.35. The van der Waals surface area contributed by atoms with Gasteiger partial charge < -0.3 is 18.9 Å². The van der Waals surface area contributed by atoms with E-state index in [2.05, 4.69) is 27.0 Å². The summed E-state index contributed by atoms with van der Waals surface area (Å²) in [6.45, 7) is 14.3. The van der Waals surface area contributed by atoms with Crippen LogP contribution in [0.5, 0.6) is 0 Å². The molecule has 4 unspecified atom stereocenters. The Bertz CT molecular complexity index is 345. The van der Waals surface area contributed by atoms with E-state index in [9.17, 15) is 0 Å². The molecule has 0 radical (unpaired) electrons. The van der Waals surface area contributed by atoms with Crippen LogP contribution >= 0.6 is 0 Å². The molecule has 0 aromatic rings. The first kappa shape index (κ1) is 22.4. The van der Waals surface area contributed by atoms with Gasteiger partial charge in [0.15, 0.2) is 0 Å². The van der Waals surface area contributed by atoms with Gasteiger partial charge in [0.25, 0.3) is 0 Å². The number of unbranched alkanes of at least 4 members (excludes halogenated alkanes) is 3. The van der Waals surface area contributed by atoms with Crippen molar-refractivity contribution in [1.82, 2.24) is 0 Å². The maximum atomic E-state index is 5.45. The number of epoxide rings is 2. The molecule has 0 amide bonds. The van der Waals surface area contributed by atoms with Gasteiger partial charge in [-0.3, -0.25) is 0 Å². The van der Waals surface area contributed by atoms with Gasteiger partial charge in [-0.15, -0.1) is 13.2 Å². The second kappa shape index (κ2) is 14.5. The van der Waals surface area contributed by atoms with Crippen molar-refractivity contribution in [3.8, 4) is 0 Å². The highest BCUT2D eigenvalue weighted by molar-refractivity contribution is 4.85. The fourth-order valence-corrected chi connectivity index (χ4v) is 2.70. The number of hydrogen-bond acceptors (Lipinski definition) is 4. The summed E-state index contributed by atoms with van der Waals surface area (Å²) in [5.41, 5.74) is 0. The third-order valence-corrected chi connectivity index (χ3v) is 4.35. The lowest BCUT2D eigenvalue weighted by Gasteiger charge is -1.96. The molecule has 0 spiro atoms. The van der Waals surface area contributed by atoms with E-state index >= 15 is 0 Å². The van der Waals surface area contributed by atoms with Gasteiger partial charge >= 0.3 is 0 Å². The van der Waals surface area contributed by atoms with E-state index in [1.54, 1.807) is 12.2 Å². The lowest BCUT2D eigenvalue weighted by molar-refractivity contribution is 0.141. The van der Waals surface area contributed by atoms with E-state index < -0.39 is 0 Å². The van der Waals surface area contributed by atoms with Gasteiger partial charge in [0.2, 0.25) is 0 Å². The first-order chi connectivity index (χ1) is 12.3. The van der Waals surface area contributed by atoms with Crippen molar-refractivity contribution in [2.24, 2.45) is 0 Å². The Morgan fingerprint density at radius 1 is 0.720 bits per heavy atom. The summed E-state index contributed by atoms with van der Waals surface area (Å²) in [6.07, 6.45) is 14.1. The summed E-state index contributed by atoms with van der Waals surface area (Å²) >= 11 is 0. The Morgan fingerprint density at radius 3 is 1.64 bits per heavy atom. The summed E-state index contributed by atoms with van der Waals surface area (Å²) in [5.74, 6) is 0. The van der Waals surface area contributed by atoms with Gasteiger partial charge in [-0.2, -0.15) is 0 Å². The van der Waals surface area contributed by atoms with Gasteiger partial charge in [-0.25, -0.2) is 0 Å². The molecule has 0 aromatic carbocycles. The molecule has 0 aliphatic carbocycles. The highest BCUT2D eigenvalue weighted by Gasteiger charge is 2.38. The van der Waals surface area contributed by atoms with Crippen LogP contribution in [-0.2, 0) is 18.9 Å². The fraction of sp³-hybridized carbons (Fsp3) is 0.810. The molecule has 2 aliphatic rings. The van der Waals surface area contributed by atoms with Crippen molar-refractivity contribution < 1.29 is 18.9 Å². The normalized spacial score (nSPS) is 26.5. The van der Waals surface area contributed by atoms with Gasteiger partial charge in [-0.1, -0.05) is 58.1 Å². The van der Waals surface area contributed by atoms with Crippen molar-refractivity contribution in [2.45, 2.75) is 83.2 Å². The molecule has 0 bridgehead atoms. The van der Waals surface area contributed by atoms with Crippen molar-refractivity contribution >= 4 is 0 Å². The predicted octanol–water partition coefficient (Wildman–Crippen LogP) is 4.68. The van der Waals surface area contributed by atoms with Crippen LogP contribution in [0.15, 0.2) is 25.3 Å². The Balaban J connectivity index is 0.000000251. The van der Waals surface area contributed by atoms with Crippen LogP contribution < -0.4 is 0 Å². The summed E-state index contributed by atoms with van der Waals surface area (Å²) < 4.78 is 21.4. The van der Waals surface area contributed by atoms with E-state index in [0.29, 0.717) is 37.6 Å². The van der Waals surface area contributed by atoms with Gasteiger partial charge in [-0.05, 0) is 12.8 Å². The topological polar surface area (TPSA) is 43.5 Å². The quantitative estimate of drug-likeness (QED) is 0.243. The first-order valence-corrected chi connectivity index (χ1v) is 9.94. The minimum absolute atomic E-state index is 0.372. The molecule has 2 saturated heterocycles. The molecule has 4 nitrogen and oxygen atoms in total. The summed E-state index contributed by atoms with van der Waals surface area (Å²) in [4.78, 5) is 0. The Morgan fingerprint density at radius 2 is 1.20 bits per heavy atom. The minimum Gasteiger partial charge on any atom is -0.375 e. The Kier molecular flexibility index (Phi) is 13.0. The molecule has 2 heterocycles. The van der Waals surface area contributed by atoms with Gasteiger partial charge in [0.05, 0.1) is 38.6 Å². The van der Waals surface area contributed by atoms with Crippen LogP contribution in [0, 0.1) is 0 Å². The smallest absolute Gasteiger partial charge is 0.107 e. The third kappa shape index (κ3) is 11.5. The number of rotatable bonds is 15. The highest BCUT2D eigenvalue weighted by Crippen LogP contribution is 2.28. The first-order valence-electron chi connectivity index (χ1n) is 9.94. The molecule has 2 fully saturated rings. The minimum atomic E-state index is 0.372. The van der Waals surface area contributed by atoms with E-state index in [0.717, 1.165) is 13.2 Å². The van der Waals surface area contributed by atoms with Crippen LogP contribution in [0.25, 0.3) is 0 Å². The standard InChI is InChI=1S/C11H20O2.C10H18O2/c1-3-5-6-7-10-11(13-10)9-12-8-4-2;1-3-5-6-9-10(12-9)8-11-7-4-2/h4,10-11H,2-3,5-9H2,1H3;4,9-10H,2-3,5-8H2,1H3. The monoisotopic (exact) mass is 354 g/mol. The second-order valence-electron chi connectivity index (χ2n) is 6.72. The Labute approximate surface area is 154 Å². The van der Waals surface area contributed by atoms with Crippen molar-refractivity contribution in [1.29, 1.82) is 0 Å². The van der Waals surface area contributed by atoms with E-state index in [1.165, 1.54) is 44.9 Å². The molecule has 146 valence electrons. The average molecular weight is 355 g/mol. The summed E-state index contributed by atoms with van der Waals surface area (Å²) in [6, 6.07) is 0. The highest BCUT2D eigenvalue weighted by atomic mass is 16.6. The van der Waals surface area contributed by atoms with Crippen LogP contribution in [0.3, 0.4) is 0 Å². The average Bonchev–Trinajstić information content (AvgIpc) is 3.52. The van der Waals surface area contributed by atoms with Crippen LogP contribution in [0.1, 0.15) is 58.8 Å². The zero-order valence-electron chi connectivity index (χ0n) is 16.3. The predicted molar refractivity (Wildman–Crippen MR) is 103 cm³/mol. The molecule has 4 heteroatoms. The molecule has 0 N–H and O–H groups in total. The maximum Gasteiger partial charge on any atom is 0.107 e. The second-order valence-corrected chi connectivity index (χ2v) is 6.72. The van der Waals surface area contributed by atoms with Crippen molar-refractivity contribution in [2.75, 3.05) is 26.4 Å². The SMILES string of the molecule is C=CCOCC1OC1CCCC.C=CCOCC1OC1CCCCC. The molecule has 25 heavy (non-hydrogen) atoms. The number of hydrogen-bond donors (Lipinski definition) is 0. The van der Waals surface area contributed by atoms with Gasteiger partial charge in [0.1, 0.15) is 12.2 Å². The van der Waals surface area contributed by atoms with E-state index in [4.69, 9.17) is 18.9 Å². The van der Waals surface area contributed by atoms with Crippen LogP contribution in [0.2, 0.25) is 0 Å². The molecular weight excluding hydrogens is 316 g/mol. The van der Waals surface area contributed by atoms with Crippen LogP contribution in [-0.4, -0.2) is 50.8 Å². The van der Waals surface area contributed by atoms with E-state index in [1.807, 2.05) is 0 Å². The molecule has 2 rings (SSSR count). The van der Waals surface area contributed by atoms with E-state index in [-0.39, 0.29) is 0 Å². The maximum absolute atomic E-state index is 5.45. The summed E-state index contributed by atoms with van der Waals surface area (Å²) in [5, 5.41) is 0. The zero-order chi connectivity index (χ0) is 18.3. The zero-order valence-corrected chi connectivity index (χ0v) is 16.3. The lowest BCUT2D eigenvalue weighted by atomic mass is 10.1. The lowest BCUT2D eigenvalue weighted by Crippen LogP contribution is -2.04. The Hall–Kier alpha value is -0.680. The molecule has 0 aromatic heterocycles.